The van der Waals surface area contributed by atoms with Crippen LogP contribution in [0.3, 0.4) is 0 Å². The van der Waals surface area contributed by atoms with Gasteiger partial charge >= 0.3 is 5.97 Å². The van der Waals surface area contributed by atoms with Crippen LogP contribution in [-0.4, -0.2) is 61.8 Å². The van der Waals surface area contributed by atoms with Crippen molar-refractivity contribution < 1.29 is 23.9 Å². The number of para-hydroxylation sites is 2. The highest BCUT2D eigenvalue weighted by Crippen LogP contribution is 2.46. The molecule has 2 aliphatic rings. The molecule has 0 radical (unpaired) electrons. The Morgan fingerprint density at radius 1 is 1.13 bits per heavy atom. The number of amides is 2. The van der Waals surface area contributed by atoms with Gasteiger partial charge in [-0.3, -0.25) is 14.5 Å². The highest BCUT2D eigenvalue weighted by Gasteiger charge is 2.54. The Morgan fingerprint density at radius 2 is 1.87 bits per heavy atom. The SMILES string of the molecule is O=C(COc1ccccc1)NC1C(=O)N2C(C(=O)OCC(Cl)(Cl)Cl)=C(Sc3nc4ccccc4s3)CS[C@@H]12. The van der Waals surface area contributed by atoms with Crippen molar-refractivity contribution in [2.24, 2.45) is 0 Å². The quantitative estimate of drug-likeness (QED) is 0.211. The number of carbonyl (C=O) groups excluding carboxylic acids is 3. The van der Waals surface area contributed by atoms with Crippen molar-refractivity contribution >= 4 is 97.7 Å². The van der Waals surface area contributed by atoms with Gasteiger partial charge in [-0.05, 0) is 24.3 Å². The maximum absolute atomic E-state index is 13.2. The number of benzene rings is 2. The van der Waals surface area contributed by atoms with Crippen LogP contribution in [0.25, 0.3) is 10.2 Å². The minimum atomic E-state index is -1.81. The van der Waals surface area contributed by atoms with Gasteiger partial charge < -0.3 is 14.8 Å². The lowest BCUT2D eigenvalue weighted by atomic mass is 10.1. The number of ether oxygens (including phenoxy) is 2. The van der Waals surface area contributed by atoms with Crippen LogP contribution in [0, 0.1) is 0 Å². The average molecular weight is 631 g/mol. The molecular formula is C24H18Cl3N3O5S3. The van der Waals surface area contributed by atoms with Gasteiger partial charge in [-0.1, -0.05) is 76.9 Å². The van der Waals surface area contributed by atoms with Crippen LogP contribution in [0.5, 0.6) is 5.75 Å². The van der Waals surface area contributed by atoms with Crippen molar-refractivity contribution in [1.29, 1.82) is 0 Å². The number of esters is 1. The Kier molecular flexibility index (Phi) is 8.32. The van der Waals surface area contributed by atoms with E-state index in [9.17, 15) is 14.4 Å². The second-order valence-corrected chi connectivity index (χ2v) is 14.1. The lowest BCUT2D eigenvalue weighted by Crippen LogP contribution is -2.70. The average Bonchev–Trinajstić information content (AvgIpc) is 3.31. The topological polar surface area (TPSA) is 97.8 Å². The highest BCUT2D eigenvalue weighted by atomic mass is 35.6. The number of hydrogen-bond acceptors (Lipinski definition) is 9. The largest absolute Gasteiger partial charge is 0.484 e. The molecule has 1 saturated heterocycles. The van der Waals surface area contributed by atoms with E-state index in [1.54, 1.807) is 24.3 Å². The van der Waals surface area contributed by atoms with Gasteiger partial charge in [0, 0.05) is 10.7 Å². The number of hydrogen-bond donors (Lipinski definition) is 1. The van der Waals surface area contributed by atoms with Gasteiger partial charge in [-0.25, -0.2) is 9.78 Å². The first kappa shape index (κ1) is 27.4. The number of thiazole rings is 1. The van der Waals surface area contributed by atoms with Crippen LogP contribution < -0.4 is 10.1 Å². The number of rotatable bonds is 8. The first-order valence-corrected chi connectivity index (χ1v) is 14.9. The normalized spacial score (nSPS) is 19.1. The molecule has 2 amide bonds. The van der Waals surface area contributed by atoms with E-state index >= 15 is 0 Å². The summed E-state index contributed by atoms with van der Waals surface area (Å²) in [4.78, 5) is 45.3. The molecule has 0 spiro atoms. The molecule has 0 saturated carbocycles. The molecule has 1 N–H and O–H groups in total. The summed E-state index contributed by atoms with van der Waals surface area (Å²) in [5.74, 6) is -0.768. The fraction of sp³-hybridized carbons (Fsp3) is 0.250. The monoisotopic (exact) mass is 629 g/mol. The van der Waals surface area contributed by atoms with Crippen LogP contribution >= 0.6 is 69.7 Å². The smallest absolute Gasteiger partial charge is 0.356 e. The summed E-state index contributed by atoms with van der Waals surface area (Å²) in [5.41, 5.74) is 0.895. The second kappa shape index (κ2) is 11.5. The molecule has 3 heterocycles. The van der Waals surface area contributed by atoms with E-state index in [1.165, 1.54) is 39.8 Å². The maximum Gasteiger partial charge on any atom is 0.356 e. The number of carbonyl (C=O) groups is 3. The van der Waals surface area contributed by atoms with Crippen molar-refractivity contribution in [3.63, 3.8) is 0 Å². The van der Waals surface area contributed by atoms with Crippen LogP contribution in [0.15, 0.2) is 69.5 Å². The summed E-state index contributed by atoms with van der Waals surface area (Å²) in [6, 6.07) is 15.7. The van der Waals surface area contributed by atoms with Gasteiger partial charge in [0.25, 0.3) is 11.8 Å². The molecular weight excluding hydrogens is 613 g/mol. The molecule has 1 unspecified atom stereocenters. The Morgan fingerprint density at radius 3 is 2.61 bits per heavy atom. The van der Waals surface area contributed by atoms with Crippen molar-refractivity contribution in [1.82, 2.24) is 15.2 Å². The predicted molar refractivity (Wildman–Crippen MR) is 151 cm³/mol. The molecule has 14 heteroatoms. The Balaban J connectivity index is 1.33. The summed E-state index contributed by atoms with van der Waals surface area (Å²) in [7, 11) is 0. The minimum absolute atomic E-state index is 0.0586. The molecule has 8 nitrogen and oxygen atoms in total. The van der Waals surface area contributed by atoms with Gasteiger partial charge in [0.15, 0.2) is 10.9 Å². The number of halogens is 3. The molecule has 2 aromatic carbocycles. The number of nitrogens with one attached hydrogen (secondary N) is 1. The molecule has 5 rings (SSSR count). The van der Waals surface area contributed by atoms with Gasteiger partial charge in [-0.2, -0.15) is 0 Å². The van der Waals surface area contributed by atoms with Gasteiger partial charge in [0.1, 0.15) is 29.5 Å². The summed E-state index contributed by atoms with van der Waals surface area (Å²) in [5, 5.41) is 2.20. The van der Waals surface area contributed by atoms with Gasteiger partial charge in [-0.15, -0.1) is 23.1 Å². The zero-order valence-corrected chi connectivity index (χ0v) is 24.0. The lowest BCUT2D eigenvalue weighted by Gasteiger charge is -2.49. The summed E-state index contributed by atoms with van der Waals surface area (Å²) < 4.78 is 10.6. The summed E-state index contributed by atoms with van der Waals surface area (Å²) in [6.45, 7) is -0.742. The Labute approximate surface area is 245 Å². The highest BCUT2D eigenvalue weighted by molar-refractivity contribution is 8.07. The molecule has 0 aliphatic carbocycles. The molecule has 2 atom stereocenters. The second-order valence-electron chi connectivity index (χ2n) is 8.07. The zero-order chi connectivity index (χ0) is 26.9. The Bertz CT molecular complexity index is 1380. The van der Waals surface area contributed by atoms with E-state index in [0.29, 0.717) is 20.7 Å². The first-order valence-electron chi connectivity index (χ1n) is 11.1. The van der Waals surface area contributed by atoms with E-state index in [2.05, 4.69) is 10.3 Å². The lowest BCUT2D eigenvalue weighted by molar-refractivity contribution is -0.152. The standard InChI is InChI=1S/C24H18Cl3N3O5S3/c25-24(26,27)12-35-22(33)19-16(38-23-28-14-8-4-5-9-15(14)37-23)11-36-21-18(20(32)30(19)21)29-17(31)10-34-13-6-2-1-3-7-13/h1-9,18,21H,10-12H2,(H,29,31)/t18?,21-/m0/s1. The van der Waals surface area contributed by atoms with Crippen molar-refractivity contribution in [3.8, 4) is 5.75 Å². The van der Waals surface area contributed by atoms with Crippen LogP contribution in [0.1, 0.15) is 0 Å². The molecule has 1 aromatic heterocycles. The van der Waals surface area contributed by atoms with Crippen molar-refractivity contribution in [3.05, 3.63) is 65.2 Å². The van der Waals surface area contributed by atoms with E-state index in [1.807, 2.05) is 30.3 Å². The third-order valence-electron chi connectivity index (χ3n) is 5.41. The van der Waals surface area contributed by atoms with Gasteiger partial charge in [0.2, 0.25) is 3.79 Å². The third-order valence-corrected chi connectivity index (χ3v) is 9.38. The van der Waals surface area contributed by atoms with E-state index in [0.717, 1.165) is 10.2 Å². The van der Waals surface area contributed by atoms with E-state index in [-0.39, 0.29) is 12.3 Å². The fourth-order valence-electron chi connectivity index (χ4n) is 3.76. The summed E-state index contributed by atoms with van der Waals surface area (Å²) >= 11 is 21.5. The molecule has 2 aliphatic heterocycles. The number of nitrogens with zero attached hydrogens (tertiary/aromatic N) is 2. The third kappa shape index (κ3) is 6.19. The summed E-state index contributed by atoms with van der Waals surface area (Å²) in [6.07, 6.45) is 0. The van der Waals surface area contributed by atoms with E-state index in [4.69, 9.17) is 44.3 Å². The van der Waals surface area contributed by atoms with Crippen LogP contribution in [0.4, 0.5) is 0 Å². The van der Waals surface area contributed by atoms with Crippen LogP contribution in [0.2, 0.25) is 0 Å². The maximum atomic E-state index is 13.2. The number of β-lactam (4-membered cyclic amide) rings is 1. The van der Waals surface area contributed by atoms with E-state index < -0.39 is 39.6 Å². The molecule has 0 bridgehead atoms. The Hall–Kier alpha value is -2.15. The molecule has 198 valence electrons. The first-order chi connectivity index (χ1) is 18.2. The minimum Gasteiger partial charge on any atom is -0.484 e. The number of aromatic nitrogens is 1. The predicted octanol–water partition coefficient (Wildman–Crippen LogP) is 4.99. The number of fused-ring (bicyclic) bond motifs is 2. The molecule has 3 aromatic rings. The zero-order valence-electron chi connectivity index (χ0n) is 19.3. The molecule has 1 fully saturated rings. The number of alkyl halides is 3. The molecule has 38 heavy (non-hydrogen) atoms. The van der Waals surface area contributed by atoms with Crippen molar-refractivity contribution in [2.45, 2.75) is 19.5 Å². The number of thioether (sulfide) groups is 2. The van der Waals surface area contributed by atoms with Crippen molar-refractivity contribution in [2.75, 3.05) is 19.0 Å². The fourth-order valence-corrected chi connectivity index (χ4v) is 7.62. The van der Waals surface area contributed by atoms with Crippen LogP contribution in [-0.2, 0) is 19.1 Å². The van der Waals surface area contributed by atoms with Gasteiger partial charge in [0.05, 0.1) is 10.2 Å².